The number of rotatable bonds is 4. The summed E-state index contributed by atoms with van der Waals surface area (Å²) in [6, 6.07) is 11.7. The van der Waals surface area contributed by atoms with Crippen LogP contribution in [0.15, 0.2) is 48.9 Å². The highest BCUT2D eigenvalue weighted by molar-refractivity contribution is 6.30. The minimum Gasteiger partial charge on any atom is -0.369 e. The first-order valence-corrected chi connectivity index (χ1v) is 6.75. The van der Waals surface area contributed by atoms with Crippen LogP contribution in [-0.2, 0) is 6.42 Å². The van der Waals surface area contributed by atoms with Crippen LogP contribution in [-0.4, -0.2) is 21.5 Å². The molecule has 0 fully saturated rings. The van der Waals surface area contributed by atoms with E-state index in [1.165, 1.54) is 11.9 Å². The summed E-state index contributed by atoms with van der Waals surface area (Å²) in [6.45, 7) is 0.794. The van der Waals surface area contributed by atoms with E-state index in [1.807, 2.05) is 36.4 Å². The first-order chi connectivity index (χ1) is 9.83. The molecule has 0 aliphatic carbocycles. The van der Waals surface area contributed by atoms with Crippen LogP contribution in [0, 0.1) is 0 Å². The van der Waals surface area contributed by atoms with Gasteiger partial charge in [-0.2, -0.15) is 0 Å². The smallest absolute Gasteiger partial charge is 0.164 e. The molecule has 20 heavy (non-hydrogen) atoms. The summed E-state index contributed by atoms with van der Waals surface area (Å²) >= 11 is 5.87. The van der Waals surface area contributed by atoms with Crippen LogP contribution in [0.3, 0.4) is 0 Å². The van der Waals surface area contributed by atoms with Crippen molar-refractivity contribution < 1.29 is 0 Å². The van der Waals surface area contributed by atoms with Crippen molar-refractivity contribution in [3.63, 3.8) is 0 Å². The maximum atomic E-state index is 5.87. The molecule has 0 amide bonds. The fourth-order valence-electron chi connectivity index (χ4n) is 2.01. The van der Waals surface area contributed by atoms with E-state index in [4.69, 9.17) is 11.6 Å². The molecule has 0 atom stereocenters. The molecule has 5 heteroatoms. The molecule has 1 aromatic carbocycles. The molecule has 100 valence electrons. The molecule has 0 saturated heterocycles. The highest BCUT2D eigenvalue weighted by Crippen LogP contribution is 2.16. The average Bonchev–Trinajstić information content (AvgIpc) is 2.49. The van der Waals surface area contributed by atoms with Crippen LogP contribution >= 0.6 is 11.6 Å². The second-order valence-corrected chi connectivity index (χ2v) is 4.84. The minimum absolute atomic E-state index is 0.705. The topological polar surface area (TPSA) is 50.7 Å². The summed E-state index contributed by atoms with van der Waals surface area (Å²) in [5.74, 6) is 0.817. The number of pyridine rings is 1. The van der Waals surface area contributed by atoms with Gasteiger partial charge in [-0.25, -0.2) is 15.0 Å². The van der Waals surface area contributed by atoms with Crippen LogP contribution in [0.25, 0.3) is 11.0 Å². The van der Waals surface area contributed by atoms with Crippen LogP contribution in [0.1, 0.15) is 5.56 Å². The van der Waals surface area contributed by atoms with Crippen LogP contribution in [0.5, 0.6) is 0 Å². The molecule has 0 aliphatic heterocycles. The maximum absolute atomic E-state index is 5.87. The quantitative estimate of drug-likeness (QED) is 0.798. The van der Waals surface area contributed by atoms with Crippen molar-refractivity contribution in [2.24, 2.45) is 0 Å². The van der Waals surface area contributed by atoms with E-state index in [2.05, 4.69) is 20.3 Å². The summed E-state index contributed by atoms with van der Waals surface area (Å²) in [7, 11) is 0. The van der Waals surface area contributed by atoms with Gasteiger partial charge in [-0.1, -0.05) is 23.7 Å². The fraction of sp³-hybridized carbons (Fsp3) is 0.133. The van der Waals surface area contributed by atoms with Crippen molar-refractivity contribution in [1.82, 2.24) is 15.0 Å². The monoisotopic (exact) mass is 284 g/mol. The third-order valence-corrected chi connectivity index (χ3v) is 3.28. The molecule has 0 saturated carbocycles. The predicted octanol–water partition coefficient (Wildman–Crippen LogP) is 3.33. The standard InChI is InChI=1S/C15H13ClN4/c16-12-5-3-11(4-6-12)7-9-18-15-13-2-1-8-17-14(13)19-10-20-15/h1-6,8,10H,7,9H2,(H,17,18,19,20). The van der Waals surface area contributed by atoms with Crippen molar-refractivity contribution in [2.45, 2.75) is 6.42 Å². The summed E-state index contributed by atoms with van der Waals surface area (Å²) in [5, 5.41) is 5.02. The third kappa shape index (κ3) is 2.86. The number of hydrogen-bond acceptors (Lipinski definition) is 4. The molecule has 2 heterocycles. The Hall–Kier alpha value is -2.20. The number of halogens is 1. The molecule has 3 rings (SSSR count). The number of aromatic nitrogens is 3. The van der Waals surface area contributed by atoms with E-state index in [9.17, 15) is 0 Å². The molecular weight excluding hydrogens is 272 g/mol. The Balaban J connectivity index is 1.69. The van der Waals surface area contributed by atoms with E-state index in [0.717, 1.165) is 29.2 Å². The van der Waals surface area contributed by atoms with E-state index in [0.29, 0.717) is 5.65 Å². The second-order valence-electron chi connectivity index (χ2n) is 4.40. The zero-order chi connectivity index (χ0) is 13.8. The van der Waals surface area contributed by atoms with Gasteiger partial charge in [0.2, 0.25) is 0 Å². The summed E-state index contributed by atoms with van der Waals surface area (Å²) in [6.07, 6.45) is 4.16. The number of hydrogen-bond donors (Lipinski definition) is 1. The summed E-state index contributed by atoms with van der Waals surface area (Å²) in [4.78, 5) is 12.6. The highest BCUT2D eigenvalue weighted by atomic mass is 35.5. The third-order valence-electron chi connectivity index (χ3n) is 3.03. The summed E-state index contributed by atoms with van der Waals surface area (Å²) in [5.41, 5.74) is 1.94. The molecule has 0 aliphatic rings. The normalized spacial score (nSPS) is 10.7. The van der Waals surface area contributed by atoms with Crippen molar-refractivity contribution in [1.29, 1.82) is 0 Å². The van der Waals surface area contributed by atoms with Gasteiger partial charge >= 0.3 is 0 Å². The first-order valence-electron chi connectivity index (χ1n) is 6.37. The lowest BCUT2D eigenvalue weighted by atomic mass is 10.1. The van der Waals surface area contributed by atoms with Gasteiger partial charge in [-0.05, 0) is 36.2 Å². The Bertz CT molecular complexity index is 707. The predicted molar refractivity (Wildman–Crippen MR) is 81.0 cm³/mol. The van der Waals surface area contributed by atoms with Gasteiger partial charge in [0.15, 0.2) is 5.65 Å². The molecule has 0 unspecified atom stereocenters. The Kier molecular flexibility index (Phi) is 3.74. The SMILES string of the molecule is Clc1ccc(CCNc2ncnc3ncccc23)cc1. The molecule has 0 bridgehead atoms. The Morgan fingerprint density at radius 2 is 1.85 bits per heavy atom. The number of nitrogens with one attached hydrogen (secondary N) is 1. The lowest BCUT2D eigenvalue weighted by Crippen LogP contribution is -2.07. The van der Waals surface area contributed by atoms with E-state index < -0.39 is 0 Å². The van der Waals surface area contributed by atoms with Crippen molar-refractivity contribution >= 4 is 28.5 Å². The van der Waals surface area contributed by atoms with Crippen molar-refractivity contribution in [3.05, 3.63) is 59.5 Å². The fourth-order valence-corrected chi connectivity index (χ4v) is 2.14. The van der Waals surface area contributed by atoms with Crippen LogP contribution in [0.2, 0.25) is 5.02 Å². The zero-order valence-electron chi connectivity index (χ0n) is 10.8. The maximum Gasteiger partial charge on any atom is 0.164 e. The van der Waals surface area contributed by atoms with Crippen LogP contribution in [0.4, 0.5) is 5.82 Å². The lowest BCUT2D eigenvalue weighted by Gasteiger charge is -2.07. The van der Waals surface area contributed by atoms with Gasteiger partial charge in [-0.15, -0.1) is 0 Å². The molecular formula is C15H13ClN4. The van der Waals surface area contributed by atoms with E-state index in [1.54, 1.807) is 6.20 Å². The van der Waals surface area contributed by atoms with Gasteiger partial charge in [0.1, 0.15) is 12.1 Å². The first kappa shape index (κ1) is 12.8. The molecule has 3 aromatic rings. The van der Waals surface area contributed by atoms with Gasteiger partial charge < -0.3 is 5.32 Å². The largest absolute Gasteiger partial charge is 0.369 e. The molecule has 4 nitrogen and oxygen atoms in total. The zero-order valence-corrected chi connectivity index (χ0v) is 11.5. The van der Waals surface area contributed by atoms with Crippen LogP contribution < -0.4 is 5.32 Å². The number of anilines is 1. The van der Waals surface area contributed by atoms with Gasteiger partial charge in [0, 0.05) is 17.8 Å². The van der Waals surface area contributed by atoms with Gasteiger partial charge in [-0.3, -0.25) is 0 Å². The Morgan fingerprint density at radius 3 is 2.70 bits per heavy atom. The number of fused-ring (bicyclic) bond motifs is 1. The number of benzene rings is 1. The summed E-state index contributed by atoms with van der Waals surface area (Å²) < 4.78 is 0. The van der Waals surface area contributed by atoms with E-state index >= 15 is 0 Å². The highest BCUT2D eigenvalue weighted by Gasteiger charge is 2.03. The van der Waals surface area contributed by atoms with Gasteiger partial charge in [0.25, 0.3) is 0 Å². The number of nitrogens with zero attached hydrogens (tertiary/aromatic N) is 3. The molecule has 1 N–H and O–H groups in total. The van der Waals surface area contributed by atoms with E-state index in [-0.39, 0.29) is 0 Å². The Morgan fingerprint density at radius 1 is 1.00 bits per heavy atom. The molecule has 0 radical (unpaired) electrons. The van der Waals surface area contributed by atoms with Crippen molar-refractivity contribution in [2.75, 3.05) is 11.9 Å². The lowest BCUT2D eigenvalue weighted by molar-refractivity contribution is 1.00. The van der Waals surface area contributed by atoms with Crippen molar-refractivity contribution in [3.8, 4) is 0 Å². The Labute approximate surface area is 121 Å². The second kappa shape index (κ2) is 5.84. The molecule has 2 aromatic heterocycles. The average molecular weight is 285 g/mol. The minimum atomic E-state index is 0.705. The molecule has 0 spiro atoms. The van der Waals surface area contributed by atoms with Gasteiger partial charge in [0.05, 0.1) is 5.39 Å².